The minimum Gasteiger partial charge on any atom is -0.284 e. The molecule has 0 atom stereocenters. The molecule has 0 saturated carbocycles. The summed E-state index contributed by atoms with van der Waals surface area (Å²) in [6.07, 6.45) is 10.4. The van der Waals surface area contributed by atoms with E-state index >= 15 is 0 Å². The van der Waals surface area contributed by atoms with Crippen LogP contribution in [-0.2, 0) is 0 Å². The SMILES string of the molecule is C(=C1CCCN=C1c1cccnc1)c1cccc2c1=CCN=2. The summed E-state index contributed by atoms with van der Waals surface area (Å²) in [6, 6.07) is 10.4. The number of pyridine rings is 1. The second kappa shape index (κ2) is 5.68. The molecule has 1 aromatic carbocycles. The Hall–Kier alpha value is -2.55. The second-order valence-corrected chi connectivity index (χ2v) is 5.57. The van der Waals surface area contributed by atoms with E-state index in [2.05, 4.69) is 46.4 Å². The van der Waals surface area contributed by atoms with Crippen LogP contribution in [0.2, 0.25) is 0 Å². The molecule has 22 heavy (non-hydrogen) atoms. The molecular formula is C19H17N3. The van der Waals surface area contributed by atoms with E-state index in [1.165, 1.54) is 16.4 Å². The van der Waals surface area contributed by atoms with Crippen molar-refractivity contribution in [2.75, 3.05) is 13.1 Å². The molecule has 1 aromatic heterocycles. The van der Waals surface area contributed by atoms with Crippen molar-refractivity contribution in [3.63, 3.8) is 0 Å². The summed E-state index contributed by atoms with van der Waals surface area (Å²) >= 11 is 0. The van der Waals surface area contributed by atoms with E-state index in [4.69, 9.17) is 4.99 Å². The van der Waals surface area contributed by atoms with Gasteiger partial charge in [0.2, 0.25) is 0 Å². The van der Waals surface area contributed by atoms with E-state index in [9.17, 15) is 0 Å². The Morgan fingerprint density at radius 1 is 1.05 bits per heavy atom. The van der Waals surface area contributed by atoms with Crippen molar-refractivity contribution in [3.8, 4) is 0 Å². The molecular weight excluding hydrogens is 270 g/mol. The first-order valence-electron chi connectivity index (χ1n) is 7.71. The number of hydrogen-bond acceptors (Lipinski definition) is 3. The summed E-state index contributed by atoms with van der Waals surface area (Å²) in [5, 5.41) is 2.36. The van der Waals surface area contributed by atoms with E-state index in [1.807, 2.05) is 12.3 Å². The predicted octanol–water partition coefficient (Wildman–Crippen LogP) is 2.16. The number of benzene rings is 1. The summed E-state index contributed by atoms with van der Waals surface area (Å²) < 4.78 is 0. The van der Waals surface area contributed by atoms with Crippen molar-refractivity contribution in [3.05, 3.63) is 70.0 Å². The molecule has 2 aliphatic rings. The van der Waals surface area contributed by atoms with Gasteiger partial charge in [0.05, 0.1) is 17.6 Å². The first-order chi connectivity index (χ1) is 10.9. The maximum Gasteiger partial charge on any atom is 0.0694 e. The van der Waals surface area contributed by atoms with Crippen LogP contribution in [0.1, 0.15) is 24.0 Å². The lowest BCUT2D eigenvalue weighted by molar-refractivity contribution is 0.818. The molecule has 0 radical (unpaired) electrons. The highest BCUT2D eigenvalue weighted by Gasteiger charge is 2.14. The minimum atomic E-state index is 0.791. The zero-order chi connectivity index (χ0) is 14.8. The fourth-order valence-electron chi connectivity index (χ4n) is 3.08. The van der Waals surface area contributed by atoms with E-state index in [1.54, 1.807) is 6.20 Å². The molecule has 0 N–H and O–H groups in total. The number of aromatic nitrogens is 1. The highest BCUT2D eigenvalue weighted by molar-refractivity contribution is 6.15. The molecule has 4 rings (SSSR count). The van der Waals surface area contributed by atoms with Crippen LogP contribution in [0.4, 0.5) is 0 Å². The summed E-state index contributed by atoms with van der Waals surface area (Å²) in [7, 11) is 0. The molecule has 3 heterocycles. The molecule has 0 bridgehead atoms. The topological polar surface area (TPSA) is 37.6 Å². The van der Waals surface area contributed by atoms with Crippen LogP contribution in [0, 0.1) is 0 Å². The van der Waals surface area contributed by atoms with Crippen molar-refractivity contribution in [2.24, 2.45) is 9.98 Å². The third-order valence-corrected chi connectivity index (χ3v) is 4.12. The zero-order valence-electron chi connectivity index (χ0n) is 12.4. The lowest BCUT2D eigenvalue weighted by Gasteiger charge is -2.16. The molecule has 0 fully saturated rings. The molecule has 2 aromatic rings. The molecule has 2 aliphatic heterocycles. The standard InChI is InChI=1S/C19H17N3/c1-4-14(17-8-11-21-18(17)7-1)12-15-5-3-10-22-19(15)16-6-2-9-20-13-16/h1-2,4,6-9,12-13H,3,5,10-11H2. The van der Waals surface area contributed by atoms with Crippen molar-refractivity contribution in [1.29, 1.82) is 0 Å². The maximum atomic E-state index is 4.75. The Labute approximate surface area is 129 Å². The van der Waals surface area contributed by atoms with Gasteiger partial charge < -0.3 is 0 Å². The lowest BCUT2D eigenvalue weighted by Crippen LogP contribution is -2.24. The van der Waals surface area contributed by atoms with E-state index < -0.39 is 0 Å². The largest absolute Gasteiger partial charge is 0.284 e. The van der Waals surface area contributed by atoms with Gasteiger partial charge in [0.1, 0.15) is 0 Å². The van der Waals surface area contributed by atoms with Crippen LogP contribution in [0.25, 0.3) is 12.2 Å². The van der Waals surface area contributed by atoms with Gasteiger partial charge in [-0.05, 0) is 48.3 Å². The Bertz CT molecular complexity index is 877. The monoisotopic (exact) mass is 287 g/mol. The van der Waals surface area contributed by atoms with Gasteiger partial charge in [-0.15, -0.1) is 0 Å². The van der Waals surface area contributed by atoms with Crippen LogP contribution in [0.3, 0.4) is 0 Å². The van der Waals surface area contributed by atoms with E-state index in [0.29, 0.717) is 0 Å². The summed E-state index contributed by atoms with van der Waals surface area (Å²) in [5.74, 6) is 0. The van der Waals surface area contributed by atoms with Gasteiger partial charge in [0, 0.05) is 29.7 Å². The van der Waals surface area contributed by atoms with Crippen LogP contribution in [-0.4, -0.2) is 23.8 Å². The lowest BCUT2D eigenvalue weighted by atomic mass is 9.94. The molecule has 3 heteroatoms. The summed E-state index contributed by atoms with van der Waals surface area (Å²) in [4.78, 5) is 13.5. The smallest absolute Gasteiger partial charge is 0.0694 e. The van der Waals surface area contributed by atoms with Gasteiger partial charge in [-0.3, -0.25) is 15.0 Å². The quantitative estimate of drug-likeness (QED) is 0.834. The van der Waals surface area contributed by atoms with E-state index in [0.717, 1.165) is 42.6 Å². The predicted molar refractivity (Wildman–Crippen MR) is 89.4 cm³/mol. The van der Waals surface area contributed by atoms with Gasteiger partial charge in [-0.2, -0.15) is 0 Å². The minimum absolute atomic E-state index is 0.791. The second-order valence-electron chi connectivity index (χ2n) is 5.57. The van der Waals surface area contributed by atoms with Gasteiger partial charge in [0.15, 0.2) is 0 Å². The van der Waals surface area contributed by atoms with Crippen LogP contribution < -0.4 is 10.6 Å². The summed E-state index contributed by atoms with van der Waals surface area (Å²) in [5.41, 5.74) is 4.74. The Morgan fingerprint density at radius 3 is 2.95 bits per heavy atom. The van der Waals surface area contributed by atoms with Crippen LogP contribution in [0.15, 0.2) is 58.3 Å². The highest BCUT2D eigenvalue weighted by Crippen LogP contribution is 2.20. The molecule has 0 saturated heterocycles. The van der Waals surface area contributed by atoms with Crippen LogP contribution >= 0.6 is 0 Å². The van der Waals surface area contributed by atoms with Gasteiger partial charge >= 0.3 is 0 Å². The first-order valence-corrected chi connectivity index (χ1v) is 7.71. The van der Waals surface area contributed by atoms with Crippen LogP contribution in [0.5, 0.6) is 0 Å². The Morgan fingerprint density at radius 2 is 2.05 bits per heavy atom. The average molecular weight is 287 g/mol. The van der Waals surface area contributed by atoms with Crippen molar-refractivity contribution >= 4 is 17.9 Å². The van der Waals surface area contributed by atoms with Gasteiger partial charge in [-0.25, -0.2) is 0 Å². The van der Waals surface area contributed by atoms with Crippen molar-refractivity contribution in [1.82, 2.24) is 4.98 Å². The number of hydrogen-bond donors (Lipinski definition) is 0. The number of allylic oxidation sites excluding steroid dienone is 1. The molecule has 3 nitrogen and oxygen atoms in total. The molecule has 0 amide bonds. The van der Waals surface area contributed by atoms with Gasteiger partial charge in [0.25, 0.3) is 0 Å². The Kier molecular flexibility index (Phi) is 3.39. The molecule has 0 unspecified atom stereocenters. The number of fused-ring (bicyclic) bond motifs is 1. The highest BCUT2D eigenvalue weighted by atomic mass is 14.8. The maximum absolute atomic E-state index is 4.75. The summed E-state index contributed by atoms with van der Waals surface area (Å²) in [6.45, 7) is 1.69. The third-order valence-electron chi connectivity index (χ3n) is 4.12. The normalized spacial score (nSPS) is 18.4. The average Bonchev–Trinajstić information content (AvgIpc) is 3.06. The number of nitrogens with zero attached hydrogens (tertiary/aromatic N) is 3. The fraction of sp³-hybridized carbons (Fsp3) is 0.211. The molecule has 108 valence electrons. The van der Waals surface area contributed by atoms with E-state index in [-0.39, 0.29) is 0 Å². The first kappa shape index (κ1) is 13.1. The molecule has 0 aliphatic carbocycles. The van der Waals surface area contributed by atoms with Crippen molar-refractivity contribution < 1.29 is 0 Å². The Balaban J connectivity index is 1.82. The zero-order valence-corrected chi connectivity index (χ0v) is 12.4. The number of rotatable bonds is 2. The fourth-order valence-corrected chi connectivity index (χ4v) is 3.08. The van der Waals surface area contributed by atoms with Gasteiger partial charge in [-0.1, -0.05) is 18.2 Å². The molecule has 0 spiro atoms. The third kappa shape index (κ3) is 2.39. The van der Waals surface area contributed by atoms with Crippen molar-refractivity contribution in [2.45, 2.75) is 12.8 Å². The number of aliphatic imine (C=N–C) groups is 1.